The summed E-state index contributed by atoms with van der Waals surface area (Å²) in [6.07, 6.45) is -4.44. The first-order valence-corrected chi connectivity index (χ1v) is 7.07. The minimum absolute atomic E-state index is 0.0403. The van der Waals surface area contributed by atoms with Crippen LogP contribution >= 0.6 is 11.3 Å². The standard InChI is InChI=1S/C12H10F3N3O2S/c13-12(14,15)6-18-4-8(3-9(18)19)11-16-10(17-20-11)7-1-2-21-5-7/h1-2,5,8H,3-4,6H2. The molecule has 1 amide bonds. The molecule has 0 aromatic carbocycles. The third-order valence-corrected chi connectivity index (χ3v) is 3.84. The second kappa shape index (κ2) is 5.14. The molecular weight excluding hydrogens is 307 g/mol. The predicted octanol–water partition coefficient (Wildman–Crippen LogP) is 2.68. The molecule has 112 valence electrons. The second-order valence-corrected chi connectivity index (χ2v) is 5.54. The van der Waals surface area contributed by atoms with Gasteiger partial charge in [0.15, 0.2) is 0 Å². The molecule has 1 atom stereocenters. The van der Waals surface area contributed by atoms with Crippen molar-refractivity contribution in [3.8, 4) is 11.4 Å². The first kappa shape index (κ1) is 14.1. The molecule has 1 fully saturated rings. The Bertz CT molecular complexity index is 638. The fourth-order valence-electron chi connectivity index (χ4n) is 2.22. The van der Waals surface area contributed by atoms with Gasteiger partial charge in [0.05, 0.1) is 5.92 Å². The molecule has 0 N–H and O–H groups in total. The molecule has 0 aliphatic carbocycles. The van der Waals surface area contributed by atoms with Gasteiger partial charge in [-0.25, -0.2) is 0 Å². The Labute approximate surface area is 121 Å². The largest absolute Gasteiger partial charge is 0.406 e. The van der Waals surface area contributed by atoms with E-state index in [1.54, 1.807) is 0 Å². The lowest BCUT2D eigenvalue weighted by Gasteiger charge is -2.17. The maximum atomic E-state index is 12.4. The fourth-order valence-corrected chi connectivity index (χ4v) is 2.85. The molecule has 0 spiro atoms. The van der Waals surface area contributed by atoms with E-state index in [9.17, 15) is 18.0 Å². The van der Waals surface area contributed by atoms with E-state index in [1.165, 1.54) is 11.3 Å². The van der Waals surface area contributed by atoms with Gasteiger partial charge >= 0.3 is 6.18 Å². The van der Waals surface area contributed by atoms with E-state index < -0.39 is 24.5 Å². The summed E-state index contributed by atoms with van der Waals surface area (Å²) >= 11 is 1.47. The number of aromatic nitrogens is 2. The zero-order valence-corrected chi connectivity index (χ0v) is 11.4. The van der Waals surface area contributed by atoms with E-state index in [2.05, 4.69) is 10.1 Å². The van der Waals surface area contributed by atoms with E-state index in [1.807, 2.05) is 16.8 Å². The third-order valence-electron chi connectivity index (χ3n) is 3.15. The molecule has 5 nitrogen and oxygen atoms in total. The van der Waals surface area contributed by atoms with Crippen LogP contribution in [0, 0.1) is 0 Å². The van der Waals surface area contributed by atoms with E-state index >= 15 is 0 Å². The Hall–Kier alpha value is -1.90. The van der Waals surface area contributed by atoms with Crippen molar-refractivity contribution in [3.63, 3.8) is 0 Å². The number of nitrogens with zero attached hydrogens (tertiary/aromatic N) is 3. The van der Waals surface area contributed by atoms with Gasteiger partial charge in [0.25, 0.3) is 0 Å². The van der Waals surface area contributed by atoms with Gasteiger partial charge in [-0.15, -0.1) is 0 Å². The number of thiophene rings is 1. The quantitative estimate of drug-likeness (QED) is 0.873. The van der Waals surface area contributed by atoms with Gasteiger partial charge in [-0.1, -0.05) is 5.16 Å². The molecule has 1 unspecified atom stereocenters. The maximum absolute atomic E-state index is 12.4. The highest BCUT2D eigenvalue weighted by atomic mass is 32.1. The first-order chi connectivity index (χ1) is 9.92. The average molecular weight is 317 g/mol. The van der Waals surface area contributed by atoms with Crippen LogP contribution in [0.15, 0.2) is 21.3 Å². The summed E-state index contributed by atoms with van der Waals surface area (Å²) in [4.78, 5) is 16.6. The number of likely N-dealkylation sites (tertiary alicyclic amines) is 1. The van der Waals surface area contributed by atoms with Crippen LogP contribution in [0.4, 0.5) is 13.2 Å². The molecule has 0 radical (unpaired) electrons. The number of rotatable bonds is 3. The number of hydrogen-bond acceptors (Lipinski definition) is 5. The van der Waals surface area contributed by atoms with Crippen molar-refractivity contribution < 1.29 is 22.5 Å². The molecular formula is C12H10F3N3O2S. The molecule has 1 aliphatic rings. The number of hydrogen-bond donors (Lipinski definition) is 0. The monoisotopic (exact) mass is 317 g/mol. The van der Waals surface area contributed by atoms with Crippen molar-refractivity contribution in [2.75, 3.05) is 13.1 Å². The fraction of sp³-hybridized carbons (Fsp3) is 0.417. The maximum Gasteiger partial charge on any atom is 0.406 e. The van der Waals surface area contributed by atoms with Gasteiger partial charge in [-0.05, 0) is 11.4 Å². The van der Waals surface area contributed by atoms with E-state index in [4.69, 9.17) is 4.52 Å². The topological polar surface area (TPSA) is 59.2 Å². The molecule has 1 saturated heterocycles. The number of carbonyl (C=O) groups excluding carboxylic acids is 1. The molecule has 1 aliphatic heterocycles. The number of amides is 1. The highest BCUT2D eigenvalue weighted by molar-refractivity contribution is 7.08. The smallest absolute Gasteiger partial charge is 0.339 e. The van der Waals surface area contributed by atoms with Crippen LogP contribution in [0.25, 0.3) is 11.4 Å². The molecule has 2 aromatic rings. The summed E-state index contributed by atoms with van der Waals surface area (Å²) in [7, 11) is 0. The van der Waals surface area contributed by atoms with E-state index in [0.717, 1.165) is 10.5 Å². The normalized spacial score (nSPS) is 19.5. The van der Waals surface area contributed by atoms with Crippen LogP contribution in [0.2, 0.25) is 0 Å². The zero-order chi connectivity index (χ0) is 15.0. The minimum atomic E-state index is -4.40. The second-order valence-electron chi connectivity index (χ2n) is 4.76. The zero-order valence-electron chi connectivity index (χ0n) is 10.6. The lowest BCUT2D eigenvalue weighted by atomic mass is 10.1. The molecule has 0 saturated carbocycles. The Kier molecular flexibility index (Phi) is 3.44. The van der Waals surface area contributed by atoms with Gasteiger partial charge in [-0.2, -0.15) is 29.5 Å². The van der Waals surface area contributed by atoms with Crippen LogP contribution < -0.4 is 0 Å². The average Bonchev–Trinajstić information content (AvgIpc) is 3.08. The SMILES string of the molecule is O=C1CC(c2nc(-c3ccsc3)no2)CN1CC(F)(F)F. The summed E-state index contributed by atoms with van der Waals surface area (Å²) in [5.74, 6) is -0.450. The van der Waals surface area contributed by atoms with Crippen molar-refractivity contribution in [3.05, 3.63) is 22.7 Å². The molecule has 3 heterocycles. The molecule has 9 heteroatoms. The van der Waals surface area contributed by atoms with Crippen LogP contribution in [0.1, 0.15) is 18.2 Å². The molecule has 2 aromatic heterocycles. The highest BCUT2D eigenvalue weighted by Gasteiger charge is 2.40. The van der Waals surface area contributed by atoms with Crippen molar-refractivity contribution in [2.45, 2.75) is 18.5 Å². The van der Waals surface area contributed by atoms with Crippen molar-refractivity contribution in [2.24, 2.45) is 0 Å². The van der Waals surface area contributed by atoms with Crippen LogP contribution in [-0.4, -0.2) is 40.2 Å². The van der Waals surface area contributed by atoms with Gasteiger partial charge in [0.1, 0.15) is 6.54 Å². The predicted molar refractivity (Wildman–Crippen MR) is 67.6 cm³/mol. The van der Waals surface area contributed by atoms with Gasteiger partial charge in [-0.3, -0.25) is 4.79 Å². The third kappa shape index (κ3) is 3.07. The minimum Gasteiger partial charge on any atom is -0.339 e. The van der Waals surface area contributed by atoms with E-state index in [0.29, 0.717) is 5.82 Å². The van der Waals surface area contributed by atoms with Crippen molar-refractivity contribution in [1.82, 2.24) is 15.0 Å². The molecule has 0 bridgehead atoms. The van der Waals surface area contributed by atoms with Gasteiger partial charge in [0, 0.05) is 23.9 Å². The van der Waals surface area contributed by atoms with Crippen molar-refractivity contribution >= 4 is 17.2 Å². The van der Waals surface area contributed by atoms with Crippen LogP contribution in [-0.2, 0) is 4.79 Å². The van der Waals surface area contributed by atoms with Crippen LogP contribution in [0.5, 0.6) is 0 Å². The summed E-state index contributed by atoms with van der Waals surface area (Å²) in [6.45, 7) is -1.29. The highest BCUT2D eigenvalue weighted by Crippen LogP contribution is 2.31. The Morgan fingerprint density at radius 1 is 1.48 bits per heavy atom. The number of alkyl halides is 3. The summed E-state index contributed by atoms with van der Waals surface area (Å²) in [6, 6.07) is 1.81. The first-order valence-electron chi connectivity index (χ1n) is 6.13. The summed E-state index contributed by atoms with van der Waals surface area (Å²) in [5.41, 5.74) is 0.784. The number of carbonyl (C=O) groups is 1. The lowest BCUT2D eigenvalue weighted by molar-refractivity contribution is -0.157. The van der Waals surface area contributed by atoms with E-state index in [-0.39, 0.29) is 18.9 Å². The Morgan fingerprint density at radius 3 is 2.95 bits per heavy atom. The van der Waals surface area contributed by atoms with Crippen molar-refractivity contribution in [1.29, 1.82) is 0 Å². The molecule has 3 rings (SSSR count). The molecule has 21 heavy (non-hydrogen) atoms. The summed E-state index contributed by atoms with van der Waals surface area (Å²) < 4.78 is 42.2. The number of halogens is 3. The Balaban J connectivity index is 1.73. The summed E-state index contributed by atoms with van der Waals surface area (Å²) in [5, 5.41) is 7.49. The van der Waals surface area contributed by atoms with Gasteiger partial charge < -0.3 is 9.42 Å². The Morgan fingerprint density at radius 2 is 2.29 bits per heavy atom. The van der Waals surface area contributed by atoms with Gasteiger partial charge in [0.2, 0.25) is 17.6 Å². The lowest BCUT2D eigenvalue weighted by Crippen LogP contribution is -2.35. The van der Waals surface area contributed by atoms with Crippen LogP contribution in [0.3, 0.4) is 0 Å².